The van der Waals surface area contributed by atoms with Crippen LogP contribution in [-0.2, 0) is 0 Å². The van der Waals surface area contributed by atoms with Crippen molar-refractivity contribution in [3.05, 3.63) is 53.6 Å². The van der Waals surface area contributed by atoms with Crippen molar-refractivity contribution in [2.45, 2.75) is 6.92 Å². The van der Waals surface area contributed by atoms with Crippen LogP contribution in [-0.4, -0.2) is 7.11 Å². The van der Waals surface area contributed by atoms with Gasteiger partial charge >= 0.3 is 0 Å². The van der Waals surface area contributed by atoms with Crippen molar-refractivity contribution in [1.82, 2.24) is 0 Å². The number of methoxy groups -OCH3 is 1. The Morgan fingerprint density at radius 1 is 1.12 bits per heavy atom. The van der Waals surface area contributed by atoms with Gasteiger partial charge in [-0.25, -0.2) is 0 Å². The van der Waals surface area contributed by atoms with Gasteiger partial charge in [0.05, 0.1) is 18.7 Å². The molecule has 0 radical (unpaired) electrons. The predicted molar refractivity (Wildman–Crippen MR) is 67.9 cm³/mol. The highest BCUT2D eigenvalue weighted by atomic mass is 16.5. The summed E-state index contributed by atoms with van der Waals surface area (Å²) in [5.41, 5.74) is 3.76. The number of nitriles is 1. The summed E-state index contributed by atoms with van der Waals surface area (Å²) in [6, 6.07) is 15.8. The summed E-state index contributed by atoms with van der Waals surface area (Å²) in [6.07, 6.45) is 0. The minimum absolute atomic E-state index is 0.692. The highest BCUT2D eigenvalue weighted by molar-refractivity contribution is 5.71. The first-order chi connectivity index (χ1) is 8.26. The fourth-order valence-corrected chi connectivity index (χ4v) is 1.88. The van der Waals surface area contributed by atoms with Gasteiger partial charge in [-0.05, 0) is 41.8 Å². The third-order valence-electron chi connectivity index (χ3n) is 2.75. The van der Waals surface area contributed by atoms with Gasteiger partial charge in [-0.3, -0.25) is 0 Å². The van der Waals surface area contributed by atoms with Crippen LogP contribution in [0.2, 0.25) is 0 Å². The molecular formula is C15H13NO. The molecule has 0 saturated heterocycles. The zero-order valence-electron chi connectivity index (χ0n) is 9.90. The van der Waals surface area contributed by atoms with Gasteiger partial charge in [0.1, 0.15) is 5.75 Å². The number of hydrogen-bond acceptors (Lipinski definition) is 2. The maximum Gasteiger partial charge on any atom is 0.121 e. The number of ether oxygens (including phenoxy) is 1. The van der Waals surface area contributed by atoms with Gasteiger partial charge < -0.3 is 4.74 Å². The lowest BCUT2D eigenvalue weighted by Gasteiger charge is -2.08. The lowest BCUT2D eigenvalue weighted by atomic mass is 9.99. The van der Waals surface area contributed by atoms with E-state index in [2.05, 4.69) is 6.07 Å². The predicted octanol–water partition coefficient (Wildman–Crippen LogP) is 3.54. The quantitative estimate of drug-likeness (QED) is 0.780. The van der Waals surface area contributed by atoms with Crippen molar-refractivity contribution < 1.29 is 4.74 Å². The Bertz CT molecular complexity index is 582. The molecule has 17 heavy (non-hydrogen) atoms. The molecule has 0 aliphatic heterocycles. The molecule has 0 unspecified atom stereocenters. The smallest absolute Gasteiger partial charge is 0.121 e. The topological polar surface area (TPSA) is 33.0 Å². The molecule has 0 aliphatic rings. The van der Waals surface area contributed by atoms with E-state index in [-0.39, 0.29) is 0 Å². The Balaban J connectivity index is 2.54. The minimum Gasteiger partial charge on any atom is -0.496 e. The van der Waals surface area contributed by atoms with Crippen LogP contribution in [0.25, 0.3) is 11.1 Å². The zero-order chi connectivity index (χ0) is 12.3. The summed E-state index contributed by atoms with van der Waals surface area (Å²) in [5, 5.41) is 9.08. The maximum atomic E-state index is 9.08. The van der Waals surface area contributed by atoms with Crippen LogP contribution in [0, 0.1) is 18.3 Å². The van der Waals surface area contributed by atoms with E-state index in [1.54, 1.807) is 7.11 Å². The Kier molecular flexibility index (Phi) is 3.11. The summed E-state index contributed by atoms with van der Waals surface area (Å²) in [5.74, 6) is 0.864. The molecule has 0 bridgehead atoms. The van der Waals surface area contributed by atoms with E-state index < -0.39 is 0 Å². The maximum absolute atomic E-state index is 9.08. The first-order valence-corrected chi connectivity index (χ1v) is 5.40. The summed E-state index contributed by atoms with van der Waals surface area (Å²) < 4.78 is 5.23. The first-order valence-electron chi connectivity index (χ1n) is 5.40. The van der Waals surface area contributed by atoms with Crippen LogP contribution >= 0.6 is 0 Å². The first kappa shape index (κ1) is 11.2. The largest absolute Gasteiger partial charge is 0.496 e. The lowest BCUT2D eigenvalue weighted by Crippen LogP contribution is -1.89. The van der Waals surface area contributed by atoms with Crippen LogP contribution in [0.4, 0.5) is 0 Å². The Morgan fingerprint density at radius 3 is 2.53 bits per heavy atom. The van der Waals surface area contributed by atoms with E-state index in [4.69, 9.17) is 10.00 Å². The van der Waals surface area contributed by atoms with Crippen LogP contribution in [0.3, 0.4) is 0 Å². The second-order valence-electron chi connectivity index (χ2n) is 3.84. The molecule has 0 saturated carbocycles. The van der Waals surface area contributed by atoms with Crippen molar-refractivity contribution in [3.63, 3.8) is 0 Å². The third kappa shape index (κ3) is 2.14. The Hall–Kier alpha value is -2.27. The van der Waals surface area contributed by atoms with Crippen molar-refractivity contribution in [2.75, 3.05) is 7.11 Å². The molecule has 2 heteroatoms. The summed E-state index contributed by atoms with van der Waals surface area (Å²) in [6.45, 7) is 2.00. The molecule has 84 valence electrons. The molecule has 0 spiro atoms. The number of benzene rings is 2. The molecule has 0 aliphatic carbocycles. The molecule has 0 atom stereocenters. The second-order valence-corrected chi connectivity index (χ2v) is 3.84. The van der Waals surface area contributed by atoms with Gasteiger partial charge in [-0.1, -0.05) is 24.3 Å². The van der Waals surface area contributed by atoms with Gasteiger partial charge in [0.2, 0.25) is 0 Å². The summed E-state index contributed by atoms with van der Waals surface area (Å²) >= 11 is 0. The minimum atomic E-state index is 0.692. The number of hydrogen-bond donors (Lipinski definition) is 0. The van der Waals surface area contributed by atoms with Gasteiger partial charge in [0.15, 0.2) is 0 Å². The average molecular weight is 223 g/mol. The van der Waals surface area contributed by atoms with E-state index in [1.165, 1.54) is 0 Å². The average Bonchev–Trinajstić information content (AvgIpc) is 2.38. The molecule has 0 heterocycles. The van der Waals surface area contributed by atoms with E-state index in [9.17, 15) is 0 Å². The number of aryl methyl sites for hydroxylation is 1. The van der Waals surface area contributed by atoms with Crippen molar-refractivity contribution in [3.8, 4) is 22.9 Å². The van der Waals surface area contributed by atoms with Crippen molar-refractivity contribution >= 4 is 0 Å². The number of rotatable bonds is 2. The highest BCUT2D eigenvalue weighted by Gasteiger charge is 2.06. The van der Waals surface area contributed by atoms with Gasteiger partial charge in [0.25, 0.3) is 0 Å². The molecule has 0 fully saturated rings. The Labute approximate surface area is 101 Å². The van der Waals surface area contributed by atoms with Crippen molar-refractivity contribution in [1.29, 1.82) is 5.26 Å². The molecule has 2 nitrogen and oxygen atoms in total. The van der Waals surface area contributed by atoms with Crippen LogP contribution in [0.5, 0.6) is 5.75 Å². The van der Waals surface area contributed by atoms with E-state index >= 15 is 0 Å². The molecule has 0 aromatic heterocycles. The lowest BCUT2D eigenvalue weighted by molar-refractivity contribution is 0.412. The highest BCUT2D eigenvalue weighted by Crippen LogP contribution is 2.27. The number of nitrogens with zero attached hydrogens (tertiary/aromatic N) is 1. The molecule has 0 amide bonds. The summed E-state index contributed by atoms with van der Waals surface area (Å²) in [7, 11) is 1.66. The standard InChI is InChI=1S/C15H13NO/c1-11-9-12(7-8-15(11)17-2)14-6-4-3-5-13(14)10-16/h3-9H,1-2H3. The van der Waals surface area contributed by atoms with E-state index in [0.717, 1.165) is 22.4 Å². The molecule has 2 rings (SSSR count). The third-order valence-corrected chi connectivity index (χ3v) is 2.75. The second kappa shape index (κ2) is 4.71. The molecule has 2 aromatic rings. The van der Waals surface area contributed by atoms with E-state index in [1.807, 2.05) is 49.4 Å². The van der Waals surface area contributed by atoms with Gasteiger partial charge in [0, 0.05) is 0 Å². The monoisotopic (exact) mass is 223 g/mol. The zero-order valence-corrected chi connectivity index (χ0v) is 9.90. The fraction of sp³-hybridized carbons (Fsp3) is 0.133. The van der Waals surface area contributed by atoms with Gasteiger partial charge in [-0.15, -0.1) is 0 Å². The van der Waals surface area contributed by atoms with Gasteiger partial charge in [-0.2, -0.15) is 5.26 Å². The van der Waals surface area contributed by atoms with Crippen molar-refractivity contribution in [2.24, 2.45) is 0 Å². The summed E-state index contributed by atoms with van der Waals surface area (Å²) in [4.78, 5) is 0. The molecular weight excluding hydrogens is 210 g/mol. The Morgan fingerprint density at radius 2 is 1.88 bits per heavy atom. The van der Waals surface area contributed by atoms with E-state index in [0.29, 0.717) is 5.56 Å². The SMILES string of the molecule is COc1ccc(-c2ccccc2C#N)cc1C. The van der Waals surface area contributed by atoms with Crippen LogP contribution in [0.15, 0.2) is 42.5 Å². The van der Waals surface area contributed by atoms with Crippen LogP contribution < -0.4 is 4.74 Å². The molecule has 0 N–H and O–H groups in total. The normalized spacial score (nSPS) is 9.71. The molecule has 2 aromatic carbocycles. The van der Waals surface area contributed by atoms with Crippen LogP contribution in [0.1, 0.15) is 11.1 Å². The fourth-order valence-electron chi connectivity index (χ4n) is 1.88.